The topological polar surface area (TPSA) is 125 Å². The van der Waals surface area contributed by atoms with Crippen molar-refractivity contribution in [2.75, 3.05) is 0 Å². The molecule has 0 aliphatic rings. The number of aryl methyl sites for hydroxylation is 1. The number of non-ortho nitro benzene ring substituents is 1. The van der Waals surface area contributed by atoms with Crippen molar-refractivity contribution in [3.8, 4) is 11.5 Å². The molecular formula is C21H15N5O5S. The van der Waals surface area contributed by atoms with E-state index in [1.165, 1.54) is 17.4 Å². The van der Waals surface area contributed by atoms with Gasteiger partial charge in [0.15, 0.2) is 0 Å². The molecule has 0 atom stereocenters. The predicted octanol–water partition coefficient (Wildman–Crippen LogP) is 4.78. The summed E-state index contributed by atoms with van der Waals surface area (Å²) in [5, 5.41) is 30.5. The van der Waals surface area contributed by atoms with Crippen LogP contribution < -0.4 is 9.54 Å². The third kappa shape index (κ3) is 4.37. The number of nitro benzene ring substituents is 2. The summed E-state index contributed by atoms with van der Waals surface area (Å²) < 4.78 is 8.63. The van der Waals surface area contributed by atoms with Gasteiger partial charge in [-0.1, -0.05) is 23.5 Å². The summed E-state index contributed by atoms with van der Waals surface area (Å²) in [5.41, 5.74) is 0.961. The van der Waals surface area contributed by atoms with E-state index in [2.05, 4.69) is 10.2 Å². The molecule has 0 saturated heterocycles. The second kappa shape index (κ2) is 8.78. The van der Waals surface area contributed by atoms with Crippen molar-refractivity contribution in [1.29, 1.82) is 0 Å². The molecule has 1 aromatic heterocycles. The Labute approximate surface area is 184 Å². The SMILES string of the molecule is Cn1/c(=N\N=C\c2ccc(Oc3ccc([N+](=O)[O-])cc3[N+](=O)[O-])cc2)sc2ccccc21. The fraction of sp³-hybridized carbons (Fsp3) is 0.0476. The summed E-state index contributed by atoms with van der Waals surface area (Å²) >= 11 is 1.53. The van der Waals surface area contributed by atoms with Crippen LogP contribution in [0.3, 0.4) is 0 Å². The highest BCUT2D eigenvalue weighted by Gasteiger charge is 2.21. The van der Waals surface area contributed by atoms with Crippen LogP contribution in [0.25, 0.3) is 10.2 Å². The minimum Gasteiger partial charge on any atom is -0.450 e. The van der Waals surface area contributed by atoms with Crippen molar-refractivity contribution in [2.24, 2.45) is 17.3 Å². The first kappa shape index (κ1) is 20.9. The molecule has 0 unspecified atom stereocenters. The van der Waals surface area contributed by atoms with Gasteiger partial charge >= 0.3 is 5.69 Å². The lowest BCUT2D eigenvalue weighted by atomic mass is 10.2. The van der Waals surface area contributed by atoms with E-state index in [1.54, 1.807) is 30.5 Å². The van der Waals surface area contributed by atoms with Gasteiger partial charge in [-0.25, -0.2) is 0 Å². The molecule has 0 N–H and O–H groups in total. The molecule has 0 fully saturated rings. The van der Waals surface area contributed by atoms with Crippen LogP contribution >= 0.6 is 11.3 Å². The summed E-state index contributed by atoms with van der Waals surface area (Å²) in [6, 6.07) is 17.9. The number of aromatic nitrogens is 1. The van der Waals surface area contributed by atoms with Gasteiger partial charge in [0.2, 0.25) is 10.6 Å². The molecule has 32 heavy (non-hydrogen) atoms. The van der Waals surface area contributed by atoms with Gasteiger partial charge in [-0.05, 0) is 48.0 Å². The lowest BCUT2D eigenvalue weighted by Gasteiger charge is -2.06. The van der Waals surface area contributed by atoms with Crippen molar-refractivity contribution in [1.82, 2.24) is 4.57 Å². The molecule has 0 aliphatic heterocycles. The van der Waals surface area contributed by atoms with E-state index in [4.69, 9.17) is 4.74 Å². The molecule has 4 rings (SSSR count). The smallest absolute Gasteiger partial charge is 0.318 e. The molecule has 0 saturated carbocycles. The molecule has 0 bridgehead atoms. The number of hydrogen-bond acceptors (Lipinski definition) is 8. The molecule has 11 heteroatoms. The fourth-order valence-corrected chi connectivity index (χ4v) is 3.90. The van der Waals surface area contributed by atoms with Crippen LogP contribution in [-0.4, -0.2) is 20.6 Å². The standard InChI is InChI=1S/C21H15N5O5S/c1-24-17-4-2-3-5-20(17)32-21(24)23-22-13-14-6-9-16(10-7-14)31-19-11-8-15(25(27)28)12-18(19)26(29)30/h2-13H,1H3/b22-13+,23-21+. The van der Waals surface area contributed by atoms with Crippen LogP contribution in [0.15, 0.2) is 76.9 Å². The van der Waals surface area contributed by atoms with Gasteiger partial charge in [-0.15, -0.1) is 5.10 Å². The number of nitro groups is 2. The highest BCUT2D eigenvalue weighted by Crippen LogP contribution is 2.34. The van der Waals surface area contributed by atoms with Gasteiger partial charge in [0.05, 0.1) is 32.3 Å². The fourth-order valence-electron chi connectivity index (χ4n) is 2.92. The first-order chi connectivity index (χ1) is 15.4. The maximum Gasteiger partial charge on any atom is 0.318 e. The van der Waals surface area contributed by atoms with E-state index >= 15 is 0 Å². The van der Waals surface area contributed by atoms with E-state index in [0.717, 1.165) is 32.7 Å². The third-order valence-electron chi connectivity index (χ3n) is 4.52. The van der Waals surface area contributed by atoms with Crippen LogP contribution in [0.2, 0.25) is 0 Å². The molecule has 0 radical (unpaired) electrons. The molecule has 0 amide bonds. The van der Waals surface area contributed by atoms with E-state index in [1.807, 2.05) is 35.9 Å². The molecular weight excluding hydrogens is 434 g/mol. The first-order valence-electron chi connectivity index (χ1n) is 9.25. The zero-order valence-corrected chi connectivity index (χ0v) is 17.4. The van der Waals surface area contributed by atoms with E-state index in [9.17, 15) is 20.2 Å². The average Bonchev–Trinajstić information content (AvgIpc) is 3.10. The van der Waals surface area contributed by atoms with E-state index in [0.29, 0.717) is 5.75 Å². The number of thiazole rings is 1. The summed E-state index contributed by atoms with van der Waals surface area (Å²) in [6.07, 6.45) is 1.59. The van der Waals surface area contributed by atoms with Crippen LogP contribution in [0.5, 0.6) is 11.5 Å². The zero-order valence-electron chi connectivity index (χ0n) is 16.6. The van der Waals surface area contributed by atoms with E-state index in [-0.39, 0.29) is 11.4 Å². The van der Waals surface area contributed by atoms with Crippen LogP contribution in [0.1, 0.15) is 5.56 Å². The molecule has 0 aliphatic carbocycles. The zero-order chi connectivity index (χ0) is 22.7. The van der Waals surface area contributed by atoms with Gasteiger partial charge in [-0.3, -0.25) is 20.2 Å². The Morgan fingerprint density at radius 2 is 1.75 bits per heavy atom. The number of nitrogens with zero attached hydrogens (tertiary/aromatic N) is 5. The molecule has 0 spiro atoms. The van der Waals surface area contributed by atoms with Gasteiger partial charge < -0.3 is 9.30 Å². The summed E-state index contributed by atoms with van der Waals surface area (Å²) in [4.78, 5) is 21.4. The van der Waals surface area contributed by atoms with Gasteiger partial charge in [0.1, 0.15) is 5.75 Å². The second-order valence-electron chi connectivity index (χ2n) is 6.59. The lowest BCUT2D eigenvalue weighted by Crippen LogP contribution is -2.08. The maximum absolute atomic E-state index is 11.2. The number of hydrogen-bond donors (Lipinski definition) is 0. The summed E-state index contributed by atoms with van der Waals surface area (Å²) in [5.74, 6) is 0.251. The Hall–Kier alpha value is -4.38. The highest BCUT2D eigenvalue weighted by atomic mass is 32.1. The van der Waals surface area contributed by atoms with Crippen molar-refractivity contribution in [3.63, 3.8) is 0 Å². The number of fused-ring (bicyclic) bond motifs is 1. The van der Waals surface area contributed by atoms with Crippen molar-refractivity contribution in [2.45, 2.75) is 0 Å². The van der Waals surface area contributed by atoms with Crippen molar-refractivity contribution >= 4 is 39.1 Å². The molecule has 1 heterocycles. The molecule has 4 aromatic rings. The number of ether oxygens (including phenoxy) is 1. The molecule has 160 valence electrons. The molecule has 10 nitrogen and oxygen atoms in total. The number of para-hydroxylation sites is 1. The number of benzene rings is 3. The summed E-state index contributed by atoms with van der Waals surface area (Å²) in [7, 11) is 1.93. The van der Waals surface area contributed by atoms with Crippen LogP contribution in [-0.2, 0) is 7.05 Å². The number of rotatable bonds is 6. The molecule has 3 aromatic carbocycles. The second-order valence-corrected chi connectivity index (χ2v) is 7.60. The van der Waals surface area contributed by atoms with Gasteiger partial charge in [0.25, 0.3) is 5.69 Å². The van der Waals surface area contributed by atoms with E-state index < -0.39 is 15.5 Å². The summed E-state index contributed by atoms with van der Waals surface area (Å²) in [6.45, 7) is 0. The van der Waals surface area contributed by atoms with Gasteiger partial charge in [0, 0.05) is 13.1 Å². The first-order valence-corrected chi connectivity index (χ1v) is 10.1. The largest absolute Gasteiger partial charge is 0.450 e. The van der Waals surface area contributed by atoms with Crippen LogP contribution in [0, 0.1) is 20.2 Å². The minimum atomic E-state index is -0.723. The Kier molecular flexibility index (Phi) is 5.73. The third-order valence-corrected chi connectivity index (χ3v) is 5.63. The Morgan fingerprint density at radius 3 is 2.44 bits per heavy atom. The lowest BCUT2D eigenvalue weighted by molar-refractivity contribution is -0.394. The predicted molar refractivity (Wildman–Crippen MR) is 120 cm³/mol. The maximum atomic E-state index is 11.2. The Morgan fingerprint density at radius 1 is 1.00 bits per heavy atom. The highest BCUT2D eigenvalue weighted by molar-refractivity contribution is 7.16. The van der Waals surface area contributed by atoms with Crippen molar-refractivity contribution < 1.29 is 14.6 Å². The normalized spacial score (nSPS) is 11.8. The minimum absolute atomic E-state index is 0.0886. The van der Waals surface area contributed by atoms with Crippen LogP contribution in [0.4, 0.5) is 11.4 Å². The quantitative estimate of drug-likeness (QED) is 0.238. The Balaban J connectivity index is 1.52. The average molecular weight is 449 g/mol. The van der Waals surface area contributed by atoms with Gasteiger partial charge in [-0.2, -0.15) is 5.10 Å². The Bertz CT molecular complexity index is 1420. The monoisotopic (exact) mass is 449 g/mol. The van der Waals surface area contributed by atoms with Crippen molar-refractivity contribution in [3.05, 3.63) is 97.3 Å².